The third-order valence-corrected chi connectivity index (χ3v) is 3.25. The first kappa shape index (κ1) is 14.5. The Kier molecular flexibility index (Phi) is 4.74. The molecular formula is C15H13BrFNO2. The van der Waals surface area contributed by atoms with Gasteiger partial charge in [0.15, 0.2) is 11.6 Å². The third-order valence-electron chi connectivity index (χ3n) is 2.76. The molecule has 0 spiro atoms. The molecule has 0 heterocycles. The van der Waals surface area contributed by atoms with Gasteiger partial charge in [-0.3, -0.25) is 4.79 Å². The summed E-state index contributed by atoms with van der Waals surface area (Å²) >= 11 is 3.37. The van der Waals surface area contributed by atoms with Crippen LogP contribution in [-0.2, 0) is 6.54 Å². The molecule has 2 aromatic carbocycles. The highest BCUT2D eigenvalue weighted by molar-refractivity contribution is 9.10. The molecule has 5 heteroatoms. The van der Waals surface area contributed by atoms with Crippen LogP contribution in [0.15, 0.2) is 46.9 Å². The third kappa shape index (κ3) is 3.57. The first-order valence-corrected chi connectivity index (χ1v) is 6.75. The van der Waals surface area contributed by atoms with Gasteiger partial charge in [0, 0.05) is 16.6 Å². The van der Waals surface area contributed by atoms with Crippen LogP contribution < -0.4 is 10.1 Å². The maximum atomic E-state index is 13.3. The molecule has 0 bridgehead atoms. The quantitative estimate of drug-likeness (QED) is 0.926. The summed E-state index contributed by atoms with van der Waals surface area (Å²) < 4.78 is 19.1. The normalized spacial score (nSPS) is 10.2. The summed E-state index contributed by atoms with van der Waals surface area (Å²) in [6, 6.07) is 11.7. The van der Waals surface area contributed by atoms with Crippen LogP contribution in [0.5, 0.6) is 5.75 Å². The van der Waals surface area contributed by atoms with Crippen LogP contribution in [0.3, 0.4) is 0 Å². The summed E-state index contributed by atoms with van der Waals surface area (Å²) in [6.45, 7) is 0.401. The highest BCUT2D eigenvalue weighted by atomic mass is 79.9. The Bertz CT molecular complexity index is 631. The van der Waals surface area contributed by atoms with Crippen LogP contribution in [-0.4, -0.2) is 13.0 Å². The van der Waals surface area contributed by atoms with Gasteiger partial charge in [-0.05, 0) is 35.9 Å². The second-order valence-electron chi connectivity index (χ2n) is 4.16. The minimum atomic E-state index is -0.490. The van der Waals surface area contributed by atoms with Gasteiger partial charge in [0.1, 0.15) is 0 Å². The summed E-state index contributed by atoms with van der Waals surface area (Å²) in [6.07, 6.45) is 0. The molecule has 104 valence electrons. The number of amides is 1. The molecule has 0 aliphatic heterocycles. The molecule has 2 rings (SSSR count). The van der Waals surface area contributed by atoms with Gasteiger partial charge in [-0.2, -0.15) is 0 Å². The Morgan fingerprint density at radius 2 is 2.10 bits per heavy atom. The zero-order valence-electron chi connectivity index (χ0n) is 10.8. The largest absolute Gasteiger partial charge is 0.494 e. The highest BCUT2D eigenvalue weighted by Crippen LogP contribution is 2.18. The number of halogens is 2. The number of hydrogen-bond acceptors (Lipinski definition) is 2. The van der Waals surface area contributed by atoms with Crippen LogP contribution in [0.1, 0.15) is 15.9 Å². The maximum absolute atomic E-state index is 13.3. The number of benzene rings is 2. The van der Waals surface area contributed by atoms with E-state index in [2.05, 4.69) is 21.2 Å². The Morgan fingerprint density at radius 3 is 2.80 bits per heavy atom. The average molecular weight is 338 g/mol. The van der Waals surface area contributed by atoms with Gasteiger partial charge in [0.2, 0.25) is 0 Å². The predicted molar refractivity (Wildman–Crippen MR) is 78.3 cm³/mol. The van der Waals surface area contributed by atoms with E-state index in [-0.39, 0.29) is 11.7 Å². The van der Waals surface area contributed by atoms with Crippen molar-refractivity contribution in [2.45, 2.75) is 6.54 Å². The second kappa shape index (κ2) is 6.52. The van der Waals surface area contributed by atoms with E-state index in [0.717, 1.165) is 10.0 Å². The number of carbonyl (C=O) groups excluding carboxylic acids is 1. The van der Waals surface area contributed by atoms with Crippen LogP contribution in [0.4, 0.5) is 4.39 Å². The van der Waals surface area contributed by atoms with Crippen molar-refractivity contribution < 1.29 is 13.9 Å². The molecule has 0 aromatic heterocycles. The lowest BCUT2D eigenvalue weighted by atomic mass is 10.2. The number of nitrogens with one attached hydrogen (secondary N) is 1. The lowest BCUT2D eigenvalue weighted by Crippen LogP contribution is -2.22. The lowest BCUT2D eigenvalue weighted by Gasteiger charge is -2.08. The van der Waals surface area contributed by atoms with E-state index in [9.17, 15) is 9.18 Å². The standard InChI is InChI=1S/C15H13BrFNO2/c1-20-14-8-11(5-6-13(14)17)15(19)18-9-10-3-2-4-12(16)7-10/h2-8H,9H2,1H3,(H,18,19). The van der Waals surface area contributed by atoms with Crippen LogP contribution in [0.2, 0.25) is 0 Å². The van der Waals surface area contributed by atoms with Crippen LogP contribution in [0.25, 0.3) is 0 Å². The van der Waals surface area contributed by atoms with Crippen molar-refractivity contribution >= 4 is 21.8 Å². The molecule has 0 atom stereocenters. The molecule has 0 aliphatic rings. The van der Waals surface area contributed by atoms with Crippen molar-refractivity contribution in [1.82, 2.24) is 5.32 Å². The summed E-state index contributed by atoms with van der Waals surface area (Å²) in [4.78, 5) is 12.0. The predicted octanol–water partition coefficient (Wildman–Crippen LogP) is 3.53. The highest BCUT2D eigenvalue weighted by Gasteiger charge is 2.09. The Hall–Kier alpha value is -1.88. The molecule has 0 radical (unpaired) electrons. The number of methoxy groups -OCH3 is 1. The molecule has 1 N–H and O–H groups in total. The Morgan fingerprint density at radius 1 is 1.30 bits per heavy atom. The molecule has 0 unspecified atom stereocenters. The first-order valence-electron chi connectivity index (χ1n) is 5.96. The van der Waals surface area contributed by atoms with E-state index >= 15 is 0 Å². The minimum absolute atomic E-state index is 0.0557. The summed E-state index contributed by atoms with van der Waals surface area (Å²) in [5, 5.41) is 2.78. The van der Waals surface area contributed by atoms with Crippen molar-refractivity contribution in [2.24, 2.45) is 0 Å². The number of hydrogen-bond donors (Lipinski definition) is 1. The molecule has 0 saturated carbocycles. The Labute approximate surface area is 124 Å². The van der Waals surface area contributed by atoms with Gasteiger partial charge < -0.3 is 10.1 Å². The number of rotatable bonds is 4. The van der Waals surface area contributed by atoms with Crippen molar-refractivity contribution in [3.8, 4) is 5.75 Å². The van der Waals surface area contributed by atoms with Gasteiger partial charge in [-0.25, -0.2) is 4.39 Å². The SMILES string of the molecule is COc1cc(C(=O)NCc2cccc(Br)c2)ccc1F. The van der Waals surface area contributed by atoms with Crippen LogP contribution >= 0.6 is 15.9 Å². The van der Waals surface area contributed by atoms with E-state index in [4.69, 9.17) is 4.74 Å². The van der Waals surface area contributed by atoms with E-state index in [1.54, 1.807) is 0 Å². The van der Waals surface area contributed by atoms with Crippen LogP contribution in [0, 0.1) is 5.82 Å². The van der Waals surface area contributed by atoms with Crippen molar-refractivity contribution in [1.29, 1.82) is 0 Å². The molecular weight excluding hydrogens is 325 g/mol. The smallest absolute Gasteiger partial charge is 0.251 e. The topological polar surface area (TPSA) is 38.3 Å². The average Bonchev–Trinajstić information content (AvgIpc) is 2.45. The van der Waals surface area contributed by atoms with E-state index < -0.39 is 5.82 Å². The van der Waals surface area contributed by atoms with Gasteiger partial charge in [-0.15, -0.1) is 0 Å². The fraction of sp³-hybridized carbons (Fsp3) is 0.133. The summed E-state index contributed by atoms with van der Waals surface area (Å²) in [7, 11) is 1.36. The Balaban J connectivity index is 2.05. The van der Waals surface area contributed by atoms with Gasteiger partial charge in [0.05, 0.1) is 7.11 Å². The molecule has 2 aromatic rings. The zero-order valence-corrected chi connectivity index (χ0v) is 12.4. The molecule has 3 nitrogen and oxygen atoms in total. The van der Waals surface area contributed by atoms with E-state index in [1.807, 2.05) is 24.3 Å². The monoisotopic (exact) mass is 337 g/mol. The maximum Gasteiger partial charge on any atom is 0.251 e. The molecule has 0 fully saturated rings. The molecule has 0 saturated heterocycles. The summed E-state index contributed by atoms with van der Waals surface area (Å²) in [5.41, 5.74) is 1.33. The molecule has 20 heavy (non-hydrogen) atoms. The number of carbonyl (C=O) groups is 1. The van der Waals surface area contributed by atoms with E-state index in [1.165, 1.54) is 25.3 Å². The van der Waals surface area contributed by atoms with Gasteiger partial charge in [0.25, 0.3) is 5.91 Å². The first-order chi connectivity index (χ1) is 9.60. The van der Waals surface area contributed by atoms with Crippen molar-refractivity contribution in [3.63, 3.8) is 0 Å². The molecule has 0 aliphatic carbocycles. The fourth-order valence-corrected chi connectivity index (χ4v) is 2.18. The minimum Gasteiger partial charge on any atom is -0.494 e. The zero-order chi connectivity index (χ0) is 14.5. The van der Waals surface area contributed by atoms with Gasteiger partial charge >= 0.3 is 0 Å². The fourth-order valence-electron chi connectivity index (χ4n) is 1.73. The number of ether oxygens (including phenoxy) is 1. The molecule has 1 amide bonds. The summed E-state index contributed by atoms with van der Waals surface area (Å²) in [5.74, 6) is -0.709. The van der Waals surface area contributed by atoms with Crippen molar-refractivity contribution in [3.05, 3.63) is 63.9 Å². The van der Waals surface area contributed by atoms with E-state index in [0.29, 0.717) is 12.1 Å². The van der Waals surface area contributed by atoms with Crippen molar-refractivity contribution in [2.75, 3.05) is 7.11 Å². The van der Waals surface area contributed by atoms with Gasteiger partial charge in [-0.1, -0.05) is 28.1 Å². The lowest BCUT2D eigenvalue weighted by molar-refractivity contribution is 0.0950. The second-order valence-corrected chi connectivity index (χ2v) is 5.08.